The largest absolute Gasteiger partial charge is 0.352 e. The summed E-state index contributed by atoms with van der Waals surface area (Å²) in [4.78, 5) is 14.2. The monoisotopic (exact) mass is 289 g/mol. The van der Waals surface area contributed by atoms with Crippen molar-refractivity contribution in [3.8, 4) is 0 Å². The predicted octanol–water partition coefficient (Wildman–Crippen LogP) is 1.75. The molecule has 21 heavy (non-hydrogen) atoms. The van der Waals surface area contributed by atoms with Gasteiger partial charge in [-0.25, -0.2) is 0 Å². The van der Waals surface area contributed by atoms with Gasteiger partial charge < -0.3 is 15.5 Å². The number of nitrogens with zero attached hydrogens (tertiary/aromatic N) is 1. The van der Waals surface area contributed by atoms with Crippen molar-refractivity contribution in [3.05, 3.63) is 35.4 Å². The number of carbonyl (C=O) groups excluding carboxylic acids is 1. The summed E-state index contributed by atoms with van der Waals surface area (Å²) in [6, 6.07) is 8.32. The van der Waals surface area contributed by atoms with Crippen molar-refractivity contribution >= 4 is 5.91 Å². The first-order chi connectivity index (χ1) is 10.1. The van der Waals surface area contributed by atoms with Crippen LogP contribution in [0, 0.1) is 5.92 Å². The van der Waals surface area contributed by atoms with Crippen LogP contribution in [0.15, 0.2) is 24.3 Å². The number of piperidine rings is 1. The van der Waals surface area contributed by atoms with Crippen molar-refractivity contribution in [2.24, 2.45) is 5.92 Å². The molecule has 0 aromatic heterocycles. The van der Waals surface area contributed by atoms with Gasteiger partial charge in [0.25, 0.3) is 0 Å². The molecule has 0 radical (unpaired) electrons. The van der Waals surface area contributed by atoms with Crippen LogP contribution >= 0.6 is 0 Å². The van der Waals surface area contributed by atoms with Crippen LogP contribution < -0.4 is 10.6 Å². The van der Waals surface area contributed by atoms with Gasteiger partial charge in [-0.2, -0.15) is 0 Å². The number of nitrogens with one attached hydrogen (secondary N) is 2. The van der Waals surface area contributed by atoms with Crippen molar-refractivity contribution in [3.63, 3.8) is 0 Å². The molecular weight excluding hydrogens is 262 g/mol. The van der Waals surface area contributed by atoms with Gasteiger partial charge in [0.05, 0.1) is 0 Å². The highest BCUT2D eigenvalue weighted by atomic mass is 16.1. The van der Waals surface area contributed by atoms with Gasteiger partial charge in [-0.05, 0) is 57.1 Å². The zero-order chi connectivity index (χ0) is 15.1. The highest BCUT2D eigenvalue weighted by Crippen LogP contribution is 2.14. The summed E-state index contributed by atoms with van der Waals surface area (Å²) in [5.74, 6) is 0.666. The van der Waals surface area contributed by atoms with Crippen molar-refractivity contribution in [2.75, 3.05) is 27.2 Å². The first-order valence-corrected chi connectivity index (χ1v) is 7.84. The molecule has 116 valence electrons. The van der Waals surface area contributed by atoms with Gasteiger partial charge in [0.1, 0.15) is 0 Å². The molecule has 1 saturated heterocycles. The second-order valence-electron chi connectivity index (χ2n) is 6.20. The van der Waals surface area contributed by atoms with Gasteiger partial charge in [-0.3, -0.25) is 4.79 Å². The molecular formula is C17H27N3O. The van der Waals surface area contributed by atoms with Crippen LogP contribution in [0.1, 0.15) is 30.4 Å². The first kappa shape index (κ1) is 16.0. The lowest BCUT2D eigenvalue weighted by atomic mass is 9.96. The Morgan fingerprint density at radius 2 is 2.10 bits per heavy atom. The van der Waals surface area contributed by atoms with Crippen molar-refractivity contribution in [1.29, 1.82) is 0 Å². The number of amides is 1. The number of hydrogen-bond acceptors (Lipinski definition) is 3. The van der Waals surface area contributed by atoms with Gasteiger partial charge in [-0.1, -0.05) is 24.3 Å². The average molecular weight is 289 g/mol. The smallest absolute Gasteiger partial charge is 0.220 e. The quantitative estimate of drug-likeness (QED) is 0.838. The fourth-order valence-corrected chi connectivity index (χ4v) is 2.85. The molecule has 0 bridgehead atoms. The van der Waals surface area contributed by atoms with Crippen LogP contribution in [0.5, 0.6) is 0 Å². The lowest BCUT2D eigenvalue weighted by molar-refractivity contribution is -0.122. The Morgan fingerprint density at radius 1 is 1.33 bits per heavy atom. The Bertz CT molecular complexity index is 453. The Morgan fingerprint density at radius 3 is 2.76 bits per heavy atom. The number of carbonyl (C=O) groups is 1. The molecule has 1 fully saturated rings. The second kappa shape index (κ2) is 8.15. The predicted molar refractivity (Wildman–Crippen MR) is 85.9 cm³/mol. The van der Waals surface area contributed by atoms with E-state index in [2.05, 4.69) is 47.8 Å². The fourth-order valence-electron chi connectivity index (χ4n) is 2.85. The molecule has 2 rings (SSSR count). The van der Waals surface area contributed by atoms with Crippen LogP contribution in [0.2, 0.25) is 0 Å². The second-order valence-corrected chi connectivity index (χ2v) is 6.20. The molecule has 1 aromatic rings. The van der Waals surface area contributed by atoms with Gasteiger partial charge in [-0.15, -0.1) is 0 Å². The molecule has 0 saturated carbocycles. The lowest BCUT2D eigenvalue weighted by Gasteiger charge is -2.22. The van der Waals surface area contributed by atoms with Crippen LogP contribution in [0.4, 0.5) is 0 Å². The summed E-state index contributed by atoms with van der Waals surface area (Å²) in [6.45, 7) is 3.60. The minimum absolute atomic E-state index is 0.170. The zero-order valence-corrected chi connectivity index (χ0v) is 13.2. The summed E-state index contributed by atoms with van der Waals surface area (Å²) >= 11 is 0. The maximum atomic E-state index is 12.1. The molecule has 0 spiro atoms. The van der Waals surface area contributed by atoms with E-state index in [1.54, 1.807) is 0 Å². The Balaban J connectivity index is 1.83. The van der Waals surface area contributed by atoms with E-state index < -0.39 is 0 Å². The topological polar surface area (TPSA) is 44.4 Å². The molecule has 4 nitrogen and oxygen atoms in total. The number of hydrogen-bond donors (Lipinski definition) is 2. The first-order valence-electron chi connectivity index (χ1n) is 7.84. The van der Waals surface area contributed by atoms with Crippen LogP contribution in [-0.4, -0.2) is 38.0 Å². The molecule has 1 atom stereocenters. The normalized spacial score (nSPS) is 18.7. The van der Waals surface area contributed by atoms with E-state index in [1.165, 1.54) is 17.5 Å². The van der Waals surface area contributed by atoms with Crippen LogP contribution in [0.25, 0.3) is 0 Å². The van der Waals surface area contributed by atoms with Gasteiger partial charge >= 0.3 is 0 Å². The third-order valence-corrected chi connectivity index (χ3v) is 3.95. The summed E-state index contributed by atoms with van der Waals surface area (Å²) in [7, 11) is 4.12. The summed E-state index contributed by atoms with van der Waals surface area (Å²) < 4.78 is 0. The number of rotatable bonds is 6. The highest BCUT2D eigenvalue weighted by Gasteiger charge is 2.16. The Hall–Kier alpha value is -1.39. The minimum Gasteiger partial charge on any atom is -0.352 e. The molecule has 1 heterocycles. The van der Waals surface area contributed by atoms with Crippen LogP contribution in [-0.2, 0) is 17.9 Å². The zero-order valence-electron chi connectivity index (χ0n) is 13.2. The molecule has 0 aliphatic carbocycles. The summed E-state index contributed by atoms with van der Waals surface area (Å²) in [5, 5.41) is 6.43. The third kappa shape index (κ3) is 5.48. The van der Waals surface area contributed by atoms with Crippen molar-refractivity contribution < 1.29 is 4.79 Å². The Labute approximate surface area is 127 Å². The van der Waals surface area contributed by atoms with E-state index in [4.69, 9.17) is 0 Å². The number of benzene rings is 1. The van der Waals surface area contributed by atoms with Crippen LogP contribution in [0.3, 0.4) is 0 Å². The molecule has 1 aliphatic rings. The van der Waals surface area contributed by atoms with E-state index >= 15 is 0 Å². The lowest BCUT2D eigenvalue weighted by Crippen LogP contribution is -2.34. The summed E-state index contributed by atoms with van der Waals surface area (Å²) in [5.41, 5.74) is 2.49. The maximum absolute atomic E-state index is 12.1. The van der Waals surface area contributed by atoms with Gasteiger partial charge in [0.2, 0.25) is 5.91 Å². The maximum Gasteiger partial charge on any atom is 0.220 e. The average Bonchev–Trinajstić information content (AvgIpc) is 2.47. The highest BCUT2D eigenvalue weighted by molar-refractivity contribution is 5.76. The molecule has 4 heteroatoms. The third-order valence-electron chi connectivity index (χ3n) is 3.95. The molecule has 1 unspecified atom stereocenters. The van der Waals surface area contributed by atoms with Gasteiger partial charge in [0, 0.05) is 19.5 Å². The van der Waals surface area contributed by atoms with E-state index in [1.807, 2.05) is 6.07 Å². The SMILES string of the molecule is CN(C)Cc1ccccc1CNC(=O)CC1CCCNC1. The molecule has 1 amide bonds. The van der Waals surface area contributed by atoms with Crippen molar-refractivity contribution in [2.45, 2.75) is 32.4 Å². The Kier molecular flexibility index (Phi) is 6.21. The van der Waals surface area contributed by atoms with E-state index in [-0.39, 0.29) is 5.91 Å². The van der Waals surface area contributed by atoms with Crippen molar-refractivity contribution in [1.82, 2.24) is 15.5 Å². The van der Waals surface area contributed by atoms with E-state index in [9.17, 15) is 4.79 Å². The standard InChI is InChI=1S/C17H27N3O/c1-20(2)13-16-8-4-3-7-15(16)12-19-17(21)10-14-6-5-9-18-11-14/h3-4,7-8,14,18H,5-6,9-13H2,1-2H3,(H,19,21). The molecule has 1 aliphatic heterocycles. The van der Waals surface area contributed by atoms with E-state index in [0.717, 1.165) is 26.1 Å². The fraction of sp³-hybridized carbons (Fsp3) is 0.588. The van der Waals surface area contributed by atoms with E-state index in [0.29, 0.717) is 18.9 Å². The molecule has 2 N–H and O–H groups in total. The van der Waals surface area contributed by atoms with Gasteiger partial charge in [0.15, 0.2) is 0 Å². The minimum atomic E-state index is 0.170. The molecule has 1 aromatic carbocycles. The summed E-state index contributed by atoms with van der Waals surface area (Å²) in [6.07, 6.45) is 2.99.